The van der Waals surface area contributed by atoms with Gasteiger partial charge < -0.3 is 5.32 Å². The molecule has 1 aliphatic carbocycles. The fraction of sp³-hybridized carbons (Fsp3) is 0.867. The predicted octanol–water partition coefficient (Wildman–Crippen LogP) is 3.52. The van der Waals surface area contributed by atoms with E-state index in [2.05, 4.69) is 24.1 Å². The molecular weight excluding hydrogens is 244 g/mol. The van der Waals surface area contributed by atoms with Crippen molar-refractivity contribution in [1.82, 2.24) is 10.2 Å². The van der Waals surface area contributed by atoms with E-state index in [0.717, 1.165) is 6.54 Å². The first-order valence-electron chi connectivity index (χ1n) is 7.40. The second-order valence-electron chi connectivity index (χ2n) is 6.27. The summed E-state index contributed by atoms with van der Waals surface area (Å²) >= 11 is 5.83. The predicted molar refractivity (Wildman–Crippen MR) is 79.1 cm³/mol. The molecule has 0 radical (unpaired) electrons. The van der Waals surface area contributed by atoms with Crippen molar-refractivity contribution in [2.24, 2.45) is 0 Å². The standard InChI is InChI=1S/C15H27ClN2/c1-13(10-16)11-18-12-15(7-4-3-5-8-15)17-9-6-14(18)2/h10,14,17H,3-9,11-12H2,1-2H3. The summed E-state index contributed by atoms with van der Waals surface area (Å²) in [7, 11) is 0. The summed E-state index contributed by atoms with van der Waals surface area (Å²) in [6.07, 6.45) is 8.13. The third kappa shape index (κ3) is 3.49. The minimum Gasteiger partial charge on any atom is -0.310 e. The maximum atomic E-state index is 5.83. The molecule has 1 unspecified atom stereocenters. The van der Waals surface area contributed by atoms with Crippen LogP contribution in [0.3, 0.4) is 0 Å². The molecule has 0 amide bonds. The van der Waals surface area contributed by atoms with Gasteiger partial charge in [-0.25, -0.2) is 0 Å². The number of halogens is 1. The van der Waals surface area contributed by atoms with Gasteiger partial charge in [0, 0.05) is 30.2 Å². The molecule has 1 saturated heterocycles. The van der Waals surface area contributed by atoms with Crippen LogP contribution in [-0.4, -0.2) is 36.1 Å². The van der Waals surface area contributed by atoms with E-state index in [-0.39, 0.29) is 0 Å². The summed E-state index contributed by atoms with van der Waals surface area (Å²) in [6.45, 7) is 7.86. The molecule has 0 aromatic rings. The summed E-state index contributed by atoms with van der Waals surface area (Å²) in [5.41, 5.74) is 3.39. The zero-order valence-corrected chi connectivity index (χ0v) is 12.6. The minimum atomic E-state index is 0.385. The van der Waals surface area contributed by atoms with Crippen LogP contribution in [0.4, 0.5) is 0 Å². The summed E-state index contributed by atoms with van der Waals surface area (Å²) in [6, 6.07) is 0.658. The molecule has 0 aromatic heterocycles. The Hall–Kier alpha value is -0.0500. The molecule has 2 nitrogen and oxygen atoms in total. The van der Waals surface area contributed by atoms with E-state index in [1.165, 1.54) is 57.2 Å². The SMILES string of the molecule is CC(=CCl)CN1CC2(CCCCC2)NCCC1C. The van der Waals surface area contributed by atoms with Crippen molar-refractivity contribution < 1.29 is 0 Å². The van der Waals surface area contributed by atoms with Gasteiger partial charge in [-0.15, -0.1) is 0 Å². The second-order valence-corrected chi connectivity index (χ2v) is 6.48. The van der Waals surface area contributed by atoms with Gasteiger partial charge >= 0.3 is 0 Å². The van der Waals surface area contributed by atoms with Gasteiger partial charge in [-0.1, -0.05) is 30.9 Å². The zero-order valence-electron chi connectivity index (χ0n) is 11.8. The smallest absolute Gasteiger partial charge is 0.0309 e. The first-order chi connectivity index (χ1) is 8.65. The molecule has 2 fully saturated rings. The Bertz CT molecular complexity index is 295. The zero-order chi connectivity index (χ0) is 13.0. The van der Waals surface area contributed by atoms with E-state index in [4.69, 9.17) is 11.6 Å². The van der Waals surface area contributed by atoms with Crippen LogP contribution in [0.15, 0.2) is 11.1 Å². The van der Waals surface area contributed by atoms with Crippen LogP contribution in [0, 0.1) is 0 Å². The molecule has 18 heavy (non-hydrogen) atoms. The van der Waals surface area contributed by atoms with E-state index in [9.17, 15) is 0 Å². The molecule has 1 N–H and O–H groups in total. The third-order valence-electron chi connectivity index (χ3n) is 4.64. The fourth-order valence-corrected chi connectivity index (χ4v) is 3.53. The summed E-state index contributed by atoms with van der Waals surface area (Å²) in [4.78, 5) is 2.62. The Morgan fingerprint density at radius 2 is 2.11 bits per heavy atom. The van der Waals surface area contributed by atoms with Crippen LogP contribution < -0.4 is 5.32 Å². The van der Waals surface area contributed by atoms with E-state index >= 15 is 0 Å². The molecule has 3 heteroatoms. The first-order valence-corrected chi connectivity index (χ1v) is 7.84. The van der Waals surface area contributed by atoms with Crippen molar-refractivity contribution in [3.63, 3.8) is 0 Å². The van der Waals surface area contributed by atoms with E-state index in [1.807, 2.05) is 0 Å². The van der Waals surface area contributed by atoms with Crippen LogP contribution in [0.25, 0.3) is 0 Å². The van der Waals surface area contributed by atoms with Crippen LogP contribution in [0.5, 0.6) is 0 Å². The van der Waals surface area contributed by atoms with Crippen molar-refractivity contribution >= 4 is 11.6 Å². The molecule has 1 spiro atoms. The lowest BCUT2D eigenvalue weighted by atomic mass is 9.81. The highest BCUT2D eigenvalue weighted by Crippen LogP contribution is 2.31. The monoisotopic (exact) mass is 270 g/mol. The van der Waals surface area contributed by atoms with Gasteiger partial charge in [0.2, 0.25) is 0 Å². The summed E-state index contributed by atoms with van der Waals surface area (Å²) in [5, 5.41) is 3.85. The van der Waals surface area contributed by atoms with Gasteiger partial charge in [-0.2, -0.15) is 0 Å². The summed E-state index contributed by atoms with van der Waals surface area (Å²) < 4.78 is 0. The molecule has 2 aliphatic rings. The van der Waals surface area contributed by atoms with Crippen LogP contribution in [0.1, 0.15) is 52.4 Å². The van der Waals surface area contributed by atoms with Gasteiger partial charge in [-0.3, -0.25) is 4.90 Å². The van der Waals surface area contributed by atoms with Gasteiger partial charge in [0.15, 0.2) is 0 Å². The summed E-state index contributed by atoms with van der Waals surface area (Å²) in [5.74, 6) is 0. The second kappa shape index (κ2) is 6.40. The minimum absolute atomic E-state index is 0.385. The van der Waals surface area contributed by atoms with Crippen molar-refractivity contribution in [2.45, 2.75) is 64.0 Å². The number of rotatable bonds is 2. The van der Waals surface area contributed by atoms with Crippen molar-refractivity contribution in [3.8, 4) is 0 Å². The van der Waals surface area contributed by atoms with Crippen LogP contribution >= 0.6 is 11.6 Å². The Morgan fingerprint density at radius 3 is 2.78 bits per heavy atom. The Morgan fingerprint density at radius 1 is 1.39 bits per heavy atom. The molecule has 2 rings (SSSR count). The lowest BCUT2D eigenvalue weighted by molar-refractivity contribution is 0.147. The maximum absolute atomic E-state index is 5.83. The first kappa shape index (κ1) is 14.4. The molecule has 1 aliphatic heterocycles. The van der Waals surface area contributed by atoms with Crippen LogP contribution in [-0.2, 0) is 0 Å². The third-order valence-corrected chi connectivity index (χ3v) is 5.01. The Kier molecular flexibility index (Phi) is 5.11. The lowest BCUT2D eigenvalue weighted by Gasteiger charge is -2.41. The molecule has 1 heterocycles. The van der Waals surface area contributed by atoms with E-state index in [0.29, 0.717) is 11.6 Å². The number of hydrogen-bond acceptors (Lipinski definition) is 2. The highest BCUT2D eigenvalue weighted by Gasteiger charge is 2.36. The van der Waals surface area contributed by atoms with Crippen molar-refractivity contribution in [2.75, 3.05) is 19.6 Å². The van der Waals surface area contributed by atoms with Gasteiger partial charge in [0.25, 0.3) is 0 Å². The largest absolute Gasteiger partial charge is 0.310 e. The Labute approximate surface area is 117 Å². The highest BCUT2D eigenvalue weighted by atomic mass is 35.5. The lowest BCUT2D eigenvalue weighted by Crippen LogP contribution is -2.53. The molecule has 104 valence electrons. The maximum Gasteiger partial charge on any atom is 0.0309 e. The molecule has 0 bridgehead atoms. The highest BCUT2D eigenvalue weighted by molar-refractivity contribution is 6.25. The number of nitrogens with zero attached hydrogens (tertiary/aromatic N) is 1. The average molecular weight is 271 g/mol. The molecule has 1 atom stereocenters. The molecule has 0 aromatic carbocycles. The molecule has 1 saturated carbocycles. The normalized spacial score (nSPS) is 30.4. The number of nitrogens with one attached hydrogen (secondary N) is 1. The Balaban J connectivity index is 2.06. The quantitative estimate of drug-likeness (QED) is 0.826. The average Bonchev–Trinajstić information content (AvgIpc) is 2.51. The van der Waals surface area contributed by atoms with Gasteiger partial charge in [-0.05, 0) is 45.2 Å². The van der Waals surface area contributed by atoms with Gasteiger partial charge in [0.1, 0.15) is 0 Å². The van der Waals surface area contributed by atoms with Gasteiger partial charge in [0.05, 0.1) is 0 Å². The topological polar surface area (TPSA) is 15.3 Å². The molecular formula is C15H27ClN2. The van der Waals surface area contributed by atoms with Crippen LogP contribution in [0.2, 0.25) is 0 Å². The fourth-order valence-electron chi connectivity index (χ4n) is 3.46. The number of hydrogen-bond donors (Lipinski definition) is 1. The van der Waals surface area contributed by atoms with E-state index in [1.54, 1.807) is 5.54 Å². The van der Waals surface area contributed by atoms with E-state index < -0.39 is 0 Å². The van der Waals surface area contributed by atoms with Crippen molar-refractivity contribution in [1.29, 1.82) is 0 Å². The van der Waals surface area contributed by atoms with Crippen molar-refractivity contribution in [3.05, 3.63) is 11.1 Å².